The van der Waals surface area contributed by atoms with Crippen molar-refractivity contribution in [2.24, 2.45) is 5.92 Å². The number of carbonyl (C=O) groups excluding carboxylic acids is 2. The van der Waals surface area contributed by atoms with E-state index in [0.717, 1.165) is 35.9 Å². The minimum Gasteiger partial charge on any atom is -0.444 e. The number of benzene rings is 1. The van der Waals surface area contributed by atoms with Gasteiger partial charge < -0.3 is 15.4 Å². The number of rotatable bonds is 6. The van der Waals surface area contributed by atoms with Crippen molar-refractivity contribution in [3.05, 3.63) is 89.9 Å². The molecule has 1 saturated carbocycles. The second-order valence-electron chi connectivity index (χ2n) is 11.8. The Bertz CT molecular complexity index is 1640. The maximum absolute atomic E-state index is 14.6. The van der Waals surface area contributed by atoms with E-state index in [2.05, 4.69) is 30.9 Å². The van der Waals surface area contributed by atoms with Gasteiger partial charge in [-0.05, 0) is 81.3 Å². The van der Waals surface area contributed by atoms with Crippen molar-refractivity contribution < 1.29 is 27.5 Å². The number of ether oxygens (including phenoxy) is 1. The van der Waals surface area contributed by atoms with Gasteiger partial charge in [0, 0.05) is 12.4 Å². The van der Waals surface area contributed by atoms with Crippen LogP contribution in [0.4, 0.5) is 23.7 Å². The molecule has 5 rings (SSSR count). The van der Waals surface area contributed by atoms with E-state index in [9.17, 15) is 22.8 Å². The van der Waals surface area contributed by atoms with Gasteiger partial charge in [0.25, 0.3) is 5.91 Å². The third-order valence-corrected chi connectivity index (χ3v) is 7.46. The molecular weight excluding hydrogens is 575 g/mol. The number of hydrogen-bond donors (Lipinski definition) is 2. The molecule has 1 aliphatic rings. The topological polar surface area (TPSA) is 124 Å². The molecule has 0 unspecified atom stereocenters. The molecule has 1 aliphatic carbocycles. The molecule has 13 heteroatoms. The molecular formula is C31H32F3N7O3. The van der Waals surface area contributed by atoms with Gasteiger partial charge in [0.15, 0.2) is 0 Å². The number of amides is 2. The number of alkyl carbamates (subject to hydrolysis) is 1. The van der Waals surface area contributed by atoms with E-state index < -0.39 is 52.4 Å². The third-order valence-electron chi connectivity index (χ3n) is 7.46. The average molecular weight is 608 g/mol. The lowest BCUT2D eigenvalue weighted by molar-refractivity contribution is 0.0438. The number of halogens is 3. The van der Waals surface area contributed by atoms with Gasteiger partial charge in [-0.3, -0.25) is 9.78 Å². The lowest BCUT2D eigenvalue weighted by Crippen LogP contribution is -2.49. The first-order chi connectivity index (χ1) is 20.9. The first-order valence-electron chi connectivity index (χ1n) is 14.1. The fraction of sp³-hybridized carbons (Fsp3) is 0.355. The van der Waals surface area contributed by atoms with Crippen molar-refractivity contribution >= 4 is 17.7 Å². The van der Waals surface area contributed by atoms with Crippen LogP contribution in [0.25, 0.3) is 11.3 Å². The van der Waals surface area contributed by atoms with E-state index in [1.165, 1.54) is 6.20 Å². The third kappa shape index (κ3) is 6.71. The zero-order valence-electron chi connectivity index (χ0n) is 24.6. The minimum atomic E-state index is -1.01. The van der Waals surface area contributed by atoms with Gasteiger partial charge in [-0.25, -0.2) is 27.6 Å². The van der Waals surface area contributed by atoms with Gasteiger partial charge in [0.05, 0.1) is 35.7 Å². The predicted molar refractivity (Wildman–Crippen MR) is 155 cm³/mol. The number of nitrogens with one attached hydrogen (secondary N) is 2. The number of hydrogen-bond acceptors (Lipinski definition) is 7. The molecule has 4 aromatic rings. The van der Waals surface area contributed by atoms with Crippen LogP contribution in [0.15, 0.2) is 61.2 Å². The summed E-state index contributed by atoms with van der Waals surface area (Å²) in [4.78, 5) is 34.3. The Morgan fingerprint density at radius 2 is 1.75 bits per heavy atom. The van der Waals surface area contributed by atoms with Gasteiger partial charge in [0.2, 0.25) is 0 Å². The first kappa shape index (κ1) is 30.6. The summed E-state index contributed by atoms with van der Waals surface area (Å²) in [5, 5.41) is 13.9. The number of nitrogens with zero attached hydrogens (tertiary/aromatic N) is 5. The fourth-order valence-electron chi connectivity index (χ4n) is 5.73. The quantitative estimate of drug-likeness (QED) is 0.273. The van der Waals surface area contributed by atoms with Crippen LogP contribution in [0.5, 0.6) is 0 Å². The maximum atomic E-state index is 14.6. The highest BCUT2D eigenvalue weighted by Gasteiger charge is 2.40. The smallest absolute Gasteiger partial charge is 0.407 e. The molecule has 4 atom stereocenters. The number of anilines is 1. The molecule has 230 valence electrons. The summed E-state index contributed by atoms with van der Waals surface area (Å²) >= 11 is 0. The Labute approximate surface area is 252 Å². The molecule has 0 radical (unpaired) electrons. The summed E-state index contributed by atoms with van der Waals surface area (Å²) in [5.41, 5.74) is -1.07. The molecule has 10 nitrogen and oxygen atoms in total. The van der Waals surface area contributed by atoms with Crippen molar-refractivity contribution in [2.45, 2.75) is 64.1 Å². The second kappa shape index (κ2) is 12.4. The molecule has 0 bridgehead atoms. The minimum absolute atomic E-state index is 0.0177. The maximum Gasteiger partial charge on any atom is 0.407 e. The average Bonchev–Trinajstić information content (AvgIpc) is 3.47. The Hall–Kier alpha value is -4.81. The second-order valence-corrected chi connectivity index (χ2v) is 11.8. The van der Waals surface area contributed by atoms with Gasteiger partial charge in [-0.15, -0.1) is 5.10 Å². The SMILES string of the molecule is C[C@H]1C[C@@H](c2ccncc2NC(=O)c2ccc(F)c(-c3c(F)cccc3F)n2)C[C@@H](NC(=O)OC(C)(C)C)[C@H]1n1ccnn1. The molecule has 2 amide bonds. The van der Waals surface area contributed by atoms with E-state index >= 15 is 0 Å². The zero-order valence-corrected chi connectivity index (χ0v) is 24.6. The highest BCUT2D eigenvalue weighted by molar-refractivity contribution is 6.03. The van der Waals surface area contributed by atoms with E-state index in [4.69, 9.17) is 4.74 Å². The summed E-state index contributed by atoms with van der Waals surface area (Å²) < 4.78 is 50.7. The van der Waals surface area contributed by atoms with Crippen molar-refractivity contribution in [3.8, 4) is 11.3 Å². The highest BCUT2D eigenvalue weighted by atomic mass is 19.1. The molecule has 0 spiro atoms. The van der Waals surface area contributed by atoms with Crippen LogP contribution in [0.3, 0.4) is 0 Å². The Balaban J connectivity index is 1.41. The van der Waals surface area contributed by atoms with Gasteiger partial charge >= 0.3 is 6.09 Å². The summed E-state index contributed by atoms with van der Waals surface area (Å²) in [5.74, 6) is -3.82. The fourth-order valence-corrected chi connectivity index (χ4v) is 5.73. The van der Waals surface area contributed by atoms with Gasteiger partial charge in [0.1, 0.15) is 34.4 Å². The van der Waals surface area contributed by atoms with Gasteiger partial charge in [-0.1, -0.05) is 18.2 Å². The van der Waals surface area contributed by atoms with Crippen LogP contribution in [0.2, 0.25) is 0 Å². The predicted octanol–water partition coefficient (Wildman–Crippen LogP) is 6.05. The van der Waals surface area contributed by atoms with Crippen LogP contribution < -0.4 is 10.6 Å². The van der Waals surface area contributed by atoms with Crippen molar-refractivity contribution in [2.75, 3.05) is 5.32 Å². The Morgan fingerprint density at radius 1 is 1.00 bits per heavy atom. The van der Waals surface area contributed by atoms with Crippen LogP contribution in [0.1, 0.15) is 68.5 Å². The normalized spacial score (nSPS) is 20.2. The Kier molecular flexibility index (Phi) is 8.66. The molecule has 0 saturated heterocycles. The summed E-state index contributed by atoms with van der Waals surface area (Å²) in [6.45, 7) is 7.40. The molecule has 44 heavy (non-hydrogen) atoms. The monoisotopic (exact) mass is 607 g/mol. The van der Waals surface area contributed by atoms with Crippen molar-refractivity contribution in [3.63, 3.8) is 0 Å². The molecule has 1 fully saturated rings. The van der Waals surface area contributed by atoms with E-state index in [0.29, 0.717) is 18.5 Å². The lowest BCUT2D eigenvalue weighted by Gasteiger charge is -2.41. The molecule has 2 N–H and O–H groups in total. The standard InChI is InChI=1S/C31H32F3N7O3/c1-17-14-18(15-24(28(17)41-13-12-36-40-41)39-30(43)44-31(2,3)4)19-10-11-35-16-25(19)38-29(42)23-9-8-22(34)27(37-23)26-20(32)6-5-7-21(26)33/h5-13,16-18,24,28H,14-15H2,1-4H3,(H,38,42)(H,39,43)/t17-,18+,24+,28-/m0/s1. The molecule has 3 aromatic heterocycles. The number of aromatic nitrogens is 5. The summed E-state index contributed by atoms with van der Waals surface area (Å²) in [7, 11) is 0. The van der Waals surface area contributed by atoms with Crippen LogP contribution in [0, 0.1) is 23.4 Å². The molecule has 3 heterocycles. The van der Waals surface area contributed by atoms with E-state index in [1.807, 2.05) is 6.92 Å². The van der Waals surface area contributed by atoms with Crippen LogP contribution >= 0.6 is 0 Å². The van der Waals surface area contributed by atoms with Crippen LogP contribution in [-0.2, 0) is 4.74 Å². The van der Waals surface area contributed by atoms with Crippen molar-refractivity contribution in [1.29, 1.82) is 0 Å². The largest absolute Gasteiger partial charge is 0.444 e. The summed E-state index contributed by atoms with van der Waals surface area (Å²) in [6.07, 6.45) is 7.01. The first-order valence-corrected chi connectivity index (χ1v) is 14.1. The van der Waals surface area contributed by atoms with Gasteiger partial charge in [-0.2, -0.15) is 0 Å². The van der Waals surface area contributed by atoms with Crippen molar-refractivity contribution in [1.82, 2.24) is 30.3 Å². The molecule has 0 aliphatic heterocycles. The number of carbonyl (C=O) groups is 2. The van der Waals surface area contributed by atoms with Crippen LogP contribution in [-0.4, -0.2) is 48.6 Å². The van der Waals surface area contributed by atoms with E-state index in [1.54, 1.807) is 50.1 Å². The van der Waals surface area contributed by atoms with E-state index in [-0.39, 0.29) is 23.6 Å². The Morgan fingerprint density at radius 3 is 2.43 bits per heavy atom. The number of pyridine rings is 2. The lowest BCUT2D eigenvalue weighted by atomic mass is 9.73. The highest BCUT2D eigenvalue weighted by Crippen LogP contribution is 2.43. The molecule has 1 aromatic carbocycles. The summed E-state index contributed by atoms with van der Waals surface area (Å²) in [6, 6.07) is 6.37. The zero-order chi connectivity index (χ0) is 31.6.